The molecule has 0 unspecified atom stereocenters. The average molecular weight is 474 g/mol. The zero-order chi connectivity index (χ0) is 23.4. The van der Waals surface area contributed by atoms with Crippen molar-refractivity contribution in [1.82, 2.24) is 20.0 Å². The largest absolute Gasteiger partial charge is 0.439 e. The summed E-state index contributed by atoms with van der Waals surface area (Å²) < 4.78 is 45.5. The highest BCUT2D eigenvalue weighted by molar-refractivity contribution is 6.32. The highest BCUT2D eigenvalue weighted by atomic mass is 35.5. The molecule has 0 aliphatic heterocycles. The van der Waals surface area contributed by atoms with Gasteiger partial charge in [0.2, 0.25) is 5.88 Å². The number of hydrogen-bond donors (Lipinski definition) is 2. The zero-order valence-electron chi connectivity index (χ0n) is 16.7. The number of hydrogen-bond acceptors (Lipinski definition) is 5. The average Bonchev–Trinajstić information content (AvgIpc) is 3.28. The van der Waals surface area contributed by atoms with Crippen LogP contribution in [0.1, 0.15) is 16.1 Å². The first-order chi connectivity index (χ1) is 15.8. The number of nitrogens with zero attached hydrogens (tertiary/aromatic N) is 3. The first-order valence-corrected chi connectivity index (χ1v) is 9.85. The number of rotatable bonds is 6. The van der Waals surface area contributed by atoms with Crippen molar-refractivity contribution in [3.8, 4) is 17.4 Å². The minimum Gasteiger partial charge on any atom is -0.439 e. The smallest absolute Gasteiger partial charge is 0.417 e. The molecular weight excluding hydrogens is 459 g/mol. The maximum Gasteiger partial charge on any atom is 0.417 e. The first-order valence-electron chi connectivity index (χ1n) is 9.47. The van der Waals surface area contributed by atoms with Gasteiger partial charge < -0.3 is 4.74 Å². The van der Waals surface area contributed by atoms with Gasteiger partial charge in [-0.15, -0.1) is 0 Å². The summed E-state index contributed by atoms with van der Waals surface area (Å²) in [6, 6.07) is 15.9. The molecule has 11 heteroatoms. The van der Waals surface area contributed by atoms with E-state index < -0.39 is 17.6 Å². The second-order valence-corrected chi connectivity index (χ2v) is 7.07. The Morgan fingerprint density at radius 1 is 1.03 bits per heavy atom. The van der Waals surface area contributed by atoms with Crippen molar-refractivity contribution in [3.05, 3.63) is 95.5 Å². The molecule has 168 valence electrons. The lowest BCUT2D eigenvalue weighted by Gasteiger charge is -2.13. The summed E-state index contributed by atoms with van der Waals surface area (Å²) in [7, 11) is 0. The van der Waals surface area contributed by atoms with Crippen LogP contribution in [0.15, 0.2) is 79.3 Å². The number of alkyl halides is 3. The minimum absolute atomic E-state index is 0.00385. The van der Waals surface area contributed by atoms with Crippen LogP contribution in [0, 0.1) is 0 Å². The Morgan fingerprint density at radius 3 is 2.48 bits per heavy atom. The Labute approximate surface area is 190 Å². The highest BCUT2D eigenvalue weighted by Crippen LogP contribution is 2.32. The molecule has 0 atom stereocenters. The van der Waals surface area contributed by atoms with E-state index in [4.69, 9.17) is 16.3 Å². The quantitative estimate of drug-likeness (QED) is 0.362. The zero-order valence-corrected chi connectivity index (χ0v) is 17.4. The van der Waals surface area contributed by atoms with Gasteiger partial charge in [0, 0.05) is 24.7 Å². The third kappa shape index (κ3) is 5.24. The van der Waals surface area contributed by atoms with Crippen LogP contribution in [0.5, 0.6) is 11.6 Å². The Bertz CT molecular complexity index is 1260. The van der Waals surface area contributed by atoms with Gasteiger partial charge in [-0.05, 0) is 48.5 Å². The summed E-state index contributed by atoms with van der Waals surface area (Å²) in [6.45, 7) is 0. The van der Waals surface area contributed by atoms with Gasteiger partial charge in [-0.1, -0.05) is 17.7 Å². The number of carbonyl (C=O) groups is 1. The van der Waals surface area contributed by atoms with Gasteiger partial charge in [-0.2, -0.15) is 13.2 Å². The minimum atomic E-state index is -4.58. The molecular formula is C22H15ClF3N5O2. The third-order valence-electron chi connectivity index (χ3n) is 4.39. The number of amides is 1. The number of hydrazine groups is 1. The molecule has 4 rings (SSSR count). The van der Waals surface area contributed by atoms with E-state index in [0.717, 1.165) is 6.07 Å². The van der Waals surface area contributed by atoms with E-state index in [0.29, 0.717) is 23.5 Å². The molecule has 0 saturated heterocycles. The summed E-state index contributed by atoms with van der Waals surface area (Å²) in [5.41, 5.74) is 4.99. The van der Waals surface area contributed by atoms with Gasteiger partial charge in [0.05, 0.1) is 16.3 Å². The van der Waals surface area contributed by atoms with Crippen molar-refractivity contribution < 1.29 is 22.7 Å². The molecule has 0 fully saturated rings. The number of aromatic nitrogens is 3. The number of benzene rings is 1. The summed E-state index contributed by atoms with van der Waals surface area (Å²) in [5.74, 6) is 0.452. The summed E-state index contributed by atoms with van der Waals surface area (Å²) in [5, 5.41) is -0.244. The molecule has 2 N–H and O–H groups in total. The second-order valence-electron chi connectivity index (χ2n) is 6.66. The lowest BCUT2D eigenvalue weighted by molar-refractivity contribution is -0.137. The van der Waals surface area contributed by atoms with Crippen LogP contribution < -0.4 is 15.6 Å². The number of anilines is 1. The van der Waals surface area contributed by atoms with Crippen molar-refractivity contribution in [2.75, 3.05) is 5.43 Å². The van der Waals surface area contributed by atoms with Gasteiger partial charge in [0.1, 0.15) is 11.4 Å². The molecule has 33 heavy (non-hydrogen) atoms. The Balaban J connectivity index is 1.43. The predicted octanol–water partition coefficient (Wildman–Crippen LogP) is 5.49. The lowest BCUT2D eigenvalue weighted by Crippen LogP contribution is -2.31. The second kappa shape index (κ2) is 9.21. The third-order valence-corrected chi connectivity index (χ3v) is 4.67. The summed E-state index contributed by atoms with van der Waals surface area (Å²) in [4.78, 5) is 20.5. The van der Waals surface area contributed by atoms with E-state index in [1.807, 2.05) is 0 Å². The fraction of sp³-hybridized carbons (Fsp3) is 0.0455. The number of ether oxygens (including phenoxy) is 1. The van der Waals surface area contributed by atoms with Gasteiger partial charge in [0.25, 0.3) is 5.91 Å². The van der Waals surface area contributed by atoms with E-state index in [1.54, 1.807) is 54.7 Å². The van der Waals surface area contributed by atoms with Crippen molar-refractivity contribution >= 4 is 23.2 Å². The Morgan fingerprint density at radius 2 is 1.82 bits per heavy atom. The lowest BCUT2D eigenvalue weighted by atomic mass is 10.2. The summed E-state index contributed by atoms with van der Waals surface area (Å²) >= 11 is 6.00. The molecule has 1 aromatic carbocycles. The van der Waals surface area contributed by atoms with Gasteiger partial charge in [0.15, 0.2) is 5.82 Å². The highest BCUT2D eigenvalue weighted by Gasteiger charge is 2.32. The Hall–Kier alpha value is -4.05. The summed E-state index contributed by atoms with van der Waals surface area (Å²) in [6.07, 6.45) is -0.825. The van der Waals surface area contributed by atoms with E-state index in [2.05, 4.69) is 20.8 Å². The number of nitrogens with one attached hydrogen (secondary N) is 2. The van der Waals surface area contributed by atoms with E-state index in [1.165, 1.54) is 16.8 Å². The van der Waals surface area contributed by atoms with Gasteiger partial charge >= 0.3 is 6.18 Å². The van der Waals surface area contributed by atoms with Crippen LogP contribution in [0.25, 0.3) is 5.82 Å². The topological polar surface area (TPSA) is 81.1 Å². The molecule has 7 nitrogen and oxygen atoms in total. The number of pyridine rings is 2. The monoisotopic (exact) mass is 473 g/mol. The molecule has 0 radical (unpaired) electrons. The molecule has 0 aliphatic rings. The van der Waals surface area contributed by atoms with Gasteiger partial charge in [-0.3, -0.25) is 20.2 Å². The Kier molecular flexibility index (Phi) is 6.18. The van der Waals surface area contributed by atoms with Crippen molar-refractivity contribution in [1.29, 1.82) is 0 Å². The fourth-order valence-corrected chi connectivity index (χ4v) is 3.10. The van der Waals surface area contributed by atoms with Crippen LogP contribution in [-0.2, 0) is 6.18 Å². The van der Waals surface area contributed by atoms with E-state index >= 15 is 0 Å². The predicted molar refractivity (Wildman–Crippen MR) is 115 cm³/mol. The molecule has 0 bridgehead atoms. The van der Waals surface area contributed by atoms with Crippen LogP contribution in [0.2, 0.25) is 5.02 Å². The first kappa shape index (κ1) is 22.2. The van der Waals surface area contributed by atoms with Crippen molar-refractivity contribution in [3.63, 3.8) is 0 Å². The molecule has 3 aromatic heterocycles. The van der Waals surface area contributed by atoms with Crippen LogP contribution in [0.4, 0.5) is 18.9 Å². The number of carbonyl (C=O) groups excluding carboxylic acids is 1. The van der Waals surface area contributed by atoms with E-state index in [-0.39, 0.29) is 16.5 Å². The van der Waals surface area contributed by atoms with Crippen molar-refractivity contribution in [2.24, 2.45) is 0 Å². The van der Waals surface area contributed by atoms with Crippen LogP contribution in [0.3, 0.4) is 0 Å². The fourth-order valence-electron chi connectivity index (χ4n) is 2.84. The van der Waals surface area contributed by atoms with Crippen LogP contribution >= 0.6 is 11.6 Å². The maximum atomic E-state index is 12.9. The molecule has 0 spiro atoms. The molecule has 0 saturated carbocycles. The molecule has 4 aromatic rings. The number of halogens is 4. The molecule has 3 heterocycles. The van der Waals surface area contributed by atoms with Crippen molar-refractivity contribution in [2.45, 2.75) is 6.18 Å². The van der Waals surface area contributed by atoms with Crippen LogP contribution in [-0.4, -0.2) is 20.4 Å². The van der Waals surface area contributed by atoms with Gasteiger partial charge in [-0.25, -0.2) is 9.97 Å². The SMILES string of the molecule is O=C(NNc1ccc(Oc2ccccn2)cc1)c1cccn1-c1ncc(C(F)(F)F)cc1Cl. The van der Waals surface area contributed by atoms with E-state index in [9.17, 15) is 18.0 Å². The standard InChI is InChI=1S/C22H15ClF3N5O2/c23-17-12-14(22(24,25)26)13-28-20(17)31-11-3-4-18(31)21(32)30-29-15-6-8-16(9-7-15)33-19-5-1-2-10-27-19/h1-13,29H,(H,30,32). The molecule has 1 amide bonds. The molecule has 0 aliphatic carbocycles. The normalized spacial score (nSPS) is 11.2. The maximum absolute atomic E-state index is 12.9.